The van der Waals surface area contributed by atoms with Crippen LogP contribution in [0.15, 0.2) is 24.3 Å². The Morgan fingerprint density at radius 3 is 2.53 bits per heavy atom. The number of aliphatic hydroxyl groups excluding tert-OH is 1. The van der Waals surface area contributed by atoms with Crippen LogP contribution in [0.3, 0.4) is 0 Å². The topological polar surface area (TPSA) is 58.6 Å². The Hall–Kier alpha value is -1.55. The normalized spacial score (nSPS) is 10.0. The van der Waals surface area contributed by atoms with Gasteiger partial charge in [-0.3, -0.25) is 0 Å². The van der Waals surface area contributed by atoms with E-state index in [2.05, 4.69) is 12.2 Å². The van der Waals surface area contributed by atoms with E-state index in [1.807, 2.05) is 24.3 Å². The molecule has 94 valence electrons. The fourth-order valence-electron chi connectivity index (χ4n) is 1.34. The van der Waals surface area contributed by atoms with Gasteiger partial charge in [0, 0.05) is 13.2 Å². The summed E-state index contributed by atoms with van der Waals surface area (Å²) in [5, 5.41) is 11.1. The lowest BCUT2D eigenvalue weighted by Gasteiger charge is -2.06. The molecule has 1 aromatic carbocycles. The van der Waals surface area contributed by atoms with Gasteiger partial charge < -0.3 is 15.2 Å². The van der Waals surface area contributed by atoms with Gasteiger partial charge in [-0.1, -0.05) is 31.2 Å². The Kier molecular flexibility index (Phi) is 6.10. The van der Waals surface area contributed by atoms with E-state index < -0.39 is 6.09 Å². The molecule has 0 aliphatic heterocycles. The molecule has 0 bridgehead atoms. The number of carbonyl (C=O) groups is 1. The first-order chi connectivity index (χ1) is 8.26. The summed E-state index contributed by atoms with van der Waals surface area (Å²) in [5.41, 5.74) is 2.24. The molecule has 0 heterocycles. The predicted molar refractivity (Wildman–Crippen MR) is 65.7 cm³/mol. The molecule has 1 aromatic rings. The van der Waals surface area contributed by atoms with Gasteiger partial charge in [0.1, 0.15) is 6.61 Å². The van der Waals surface area contributed by atoms with Crippen molar-refractivity contribution in [3.05, 3.63) is 35.4 Å². The minimum atomic E-state index is -0.446. The number of amides is 1. The van der Waals surface area contributed by atoms with Crippen molar-refractivity contribution in [3.8, 4) is 0 Å². The zero-order valence-electron chi connectivity index (χ0n) is 10.1. The highest BCUT2D eigenvalue weighted by Gasteiger charge is 2.01. The summed E-state index contributed by atoms with van der Waals surface area (Å²) in [6.07, 6.45) is 1.10. The molecule has 0 saturated heterocycles. The molecule has 0 unspecified atom stereocenters. The lowest BCUT2D eigenvalue weighted by Crippen LogP contribution is -2.25. The second kappa shape index (κ2) is 7.68. The Labute approximate surface area is 102 Å². The van der Waals surface area contributed by atoms with Gasteiger partial charge in [0.15, 0.2) is 0 Å². The maximum absolute atomic E-state index is 11.2. The maximum Gasteiger partial charge on any atom is 0.407 e. The van der Waals surface area contributed by atoms with Crippen LogP contribution in [0.1, 0.15) is 24.5 Å². The van der Waals surface area contributed by atoms with Gasteiger partial charge in [0.05, 0.1) is 0 Å². The number of nitrogens with one attached hydrogen (secondary N) is 1. The van der Waals surface area contributed by atoms with Gasteiger partial charge in [-0.05, 0) is 24.0 Å². The first-order valence-corrected chi connectivity index (χ1v) is 5.85. The minimum Gasteiger partial charge on any atom is -0.445 e. The molecule has 0 saturated carbocycles. The third-order valence-electron chi connectivity index (χ3n) is 2.41. The minimum absolute atomic E-state index is 0.0682. The van der Waals surface area contributed by atoms with Crippen molar-refractivity contribution in [3.63, 3.8) is 0 Å². The van der Waals surface area contributed by atoms with E-state index >= 15 is 0 Å². The van der Waals surface area contributed by atoms with Crippen LogP contribution in [-0.4, -0.2) is 24.4 Å². The summed E-state index contributed by atoms with van der Waals surface area (Å²) in [7, 11) is 0. The fourth-order valence-corrected chi connectivity index (χ4v) is 1.34. The zero-order valence-corrected chi connectivity index (χ0v) is 10.1. The number of rotatable bonds is 6. The largest absolute Gasteiger partial charge is 0.445 e. The second-order valence-corrected chi connectivity index (χ2v) is 3.75. The van der Waals surface area contributed by atoms with E-state index in [1.54, 1.807) is 0 Å². The smallest absolute Gasteiger partial charge is 0.407 e. The lowest BCUT2D eigenvalue weighted by molar-refractivity contribution is 0.139. The molecule has 1 rings (SSSR count). The third-order valence-corrected chi connectivity index (χ3v) is 2.41. The lowest BCUT2D eigenvalue weighted by atomic mass is 10.1. The van der Waals surface area contributed by atoms with Crippen molar-refractivity contribution in [2.75, 3.05) is 13.2 Å². The van der Waals surface area contributed by atoms with E-state index in [9.17, 15) is 4.79 Å². The summed E-state index contributed by atoms with van der Waals surface area (Å²) < 4.78 is 5.02. The summed E-state index contributed by atoms with van der Waals surface area (Å²) in [5.74, 6) is 0. The van der Waals surface area contributed by atoms with Crippen LogP contribution in [0.25, 0.3) is 0 Å². The molecular formula is C13H19NO3. The van der Waals surface area contributed by atoms with Crippen LogP contribution in [0.4, 0.5) is 4.79 Å². The summed E-state index contributed by atoms with van der Waals surface area (Å²) in [4.78, 5) is 11.2. The van der Waals surface area contributed by atoms with Crippen molar-refractivity contribution < 1.29 is 14.6 Å². The molecule has 0 fully saturated rings. The molecule has 17 heavy (non-hydrogen) atoms. The number of hydrogen-bond acceptors (Lipinski definition) is 3. The summed E-state index contributed by atoms with van der Waals surface area (Å²) >= 11 is 0. The number of carbonyl (C=O) groups excluding carboxylic acids is 1. The fraction of sp³-hybridized carbons (Fsp3) is 0.462. The number of benzene rings is 1. The standard InChI is InChI=1S/C13H19NO3/c1-2-11-4-6-12(7-5-11)10-17-13(16)14-8-3-9-15/h4-7,15H,2-3,8-10H2,1H3,(H,14,16). The Bertz CT molecular complexity index is 335. The molecular weight excluding hydrogens is 218 g/mol. The van der Waals surface area contributed by atoms with Gasteiger partial charge in [0.2, 0.25) is 0 Å². The number of aryl methyl sites for hydroxylation is 1. The maximum atomic E-state index is 11.2. The van der Waals surface area contributed by atoms with Crippen molar-refractivity contribution >= 4 is 6.09 Å². The molecule has 4 nitrogen and oxygen atoms in total. The molecule has 0 aliphatic carbocycles. The van der Waals surface area contributed by atoms with Crippen LogP contribution in [0, 0.1) is 0 Å². The van der Waals surface area contributed by atoms with Gasteiger partial charge in [0.25, 0.3) is 0 Å². The SMILES string of the molecule is CCc1ccc(COC(=O)NCCCO)cc1. The van der Waals surface area contributed by atoms with E-state index in [1.165, 1.54) is 5.56 Å². The van der Waals surface area contributed by atoms with Gasteiger partial charge in [-0.2, -0.15) is 0 Å². The van der Waals surface area contributed by atoms with Crippen molar-refractivity contribution in [1.29, 1.82) is 0 Å². The van der Waals surface area contributed by atoms with Gasteiger partial charge in [-0.15, -0.1) is 0 Å². The average molecular weight is 237 g/mol. The Morgan fingerprint density at radius 2 is 1.94 bits per heavy atom. The van der Waals surface area contributed by atoms with E-state index in [4.69, 9.17) is 9.84 Å². The first-order valence-electron chi connectivity index (χ1n) is 5.85. The molecule has 1 amide bonds. The molecule has 0 radical (unpaired) electrons. The van der Waals surface area contributed by atoms with Crippen LogP contribution in [0.5, 0.6) is 0 Å². The predicted octanol–water partition coefficient (Wildman–Crippen LogP) is 1.86. The quantitative estimate of drug-likeness (QED) is 0.742. The molecule has 0 spiro atoms. The molecule has 2 N–H and O–H groups in total. The summed E-state index contributed by atoms with van der Waals surface area (Å²) in [6, 6.07) is 7.98. The number of alkyl carbamates (subject to hydrolysis) is 1. The van der Waals surface area contributed by atoms with Crippen LogP contribution < -0.4 is 5.32 Å². The van der Waals surface area contributed by atoms with E-state index in [0.29, 0.717) is 13.0 Å². The second-order valence-electron chi connectivity index (χ2n) is 3.75. The summed E-state index contributed by atoms with van der Waals surface area (Å²) in [6.45, 7) is 2.87. The highest BCUT2D eigenvalue weighted by molar-refractivity contribution is 5.67. The molecule has 0 aromatic heterocycles. The molecule has 0 aliphatic rings. The van der Waals surface area contributed by atoms with E-state index in [0.717, 1.165) is 12.0 Å². The highest BCUT2D eigenvalue weighted by Crippen LogP contribution is 2.06. The average Bonchev–Trinajstić information content (AvgIpc) is 2.37. The van der Waals surface area contributed by atoms with E-state index in [-0.39, 0.29) is 13.2 Å². The third kappa shape index (κ3) is 5.36. The Morgan fingerprint density at radius 1 is 1.29 bits per heavy atom. The van der Waals surface area contributed by atoms with Gasteiger partial charge >= 0.3 is 6.09 Å². The van der Waals surface area contributed by atoms with Crippen molar-refractivity contribution in [2.24, 2.45) is 0 Å². The molecule has 4 heteroatoms. The number of hydrogen-bond donors (Lipinski definition) is 2. The first kappa shape index (κ1) is 13.5. The monoisotopic (exact) mass is 237 g/mol. The van der Waals surface area contributed by atoms with Crippen molar-refractivity contribution in [2.45, 2.75) is 26.4 Å². The Balaban J connectivity index is 2.27. The van der Waals surface area contributed by atoms with Gasteiger partial charge in [-0.25, -0.2) is 4.79 Å². The molecule has 0 atom stereocenters. The zero-order chi connectivity index (χ0) is 12.5. The number of aliphatic hydroxyl groups is 1. The van der Waals surface area contributed by atoms with Crippen molar-refractivity contribution in [1.82, 2.24) is 5.32 Å². The number of ether oxygens (including phenoxy) is 1. The van der Waals surface area contributed by atoms with Crippen LogP contribution >= 0.6 is 0 Å². The van der Waals surface area contributed by atoms with Crippen LogP contribution in [-0.2, 0) is 17.8 Å². The van der Waals surface area contributed by atoms with Crippen LogP contribution in [0.2, 0.25) is 0 Å². The highest BCUT2D eigenvalue weighted by atomic mass is 16.5.